The van der Waals surface area contributed by atoms with Crippen molar-refractivity contribution in [1.29, 1.82) is 0 Å². The maximum Gasteiger partial charge on any atom is 0.123 e. The molecule has 0 bridgehead atoms. The molecule has 0 aromatic heterocycles. The van der Waals surface area contributed by atoms with E-state index in [-0.39, 0.29) is 5.82 Å². The van der Waals surface area contributed by atoms with Gasteiger partial charge in [0.05, 0.1) is 0 Å². The zero-order valence-electron chi connectivity index (χ0n) is 20.3. The molecule has 3 nitrogen and oxygen atoms in total. The van der Waals surface area contributed by atoms with Crippen molar-refractivity contribution in [2.45, 2.75) is 57.9 Å². The second-order valence-electron chi connectivity index (χ2n) is 10.4. The SMILES string of the molecule is CCN1CCC(Cc2ccc3c(c2)N(C2CCN(CCc4ccc(F)cc4)CC2)CC3)CC1. The average molecular weight is 450 g/mol. The van der Waals surface area contributed by atoms with Crippen molar-refractivity contribution in [3.05, 3.63) is 65.0 Å². The summed E-state index contributed by atoms with van der Waals surface area (Å²) in [6.45, 7) is 10.7. The van der Waals surface area contributed by atoms with E-state index in [0.29, 0.717) is 6.04 Å². The van der Waals surface area contributed by atoms with Gasteiger partial charge in [0.1, 0.15) is 5.82 Å². The van der Waals surface area contributed by atoms with Crippen molar-refractivity contribution in [3.8, 4) is 0 Å². The van der Waals surface area contributed by atoms with E-state index in [1.54, 1.807) is 23.3 Å². The van der Waals surface area contributed by atoms with Gasteiger partial charge in [-0.15, -0.1) is 0 Å². The summed E-state index contributed by atoms with van der Waals surface area (Å²) in [5, 5.41) is 0. The fourth-order valence-electron chi connectivity index (χ4n) is 6.19. The molecule has 2 aromatic rings. The van der Waals surface area contributed by atoms with Crippen LogP contribution in [0.5, 0.6) is 0 Å². The molecule has 0 radical (unpaired) electrons. The van der Waals surface area contributed by atoms with Gasteiger partial charge in [-0.1, -0.05) is 31.2 Å². The molecule has 3 aliphatic rings. The minimum Gasteiger partial charge on any atom is -0.368 e. The summed E-state index contributed by atoms with van der Waals surface area (Å²) in [5.41, 5.74) is 5.87. The molecule has 33 heavy (non-hydrogen) atoms. The number of nitrogens with zero attached hydrogens (tertiary/aromatic N) is 3. The van der Waals surface area contributed by atoms with Gasteiger partial charge < -0.3 is 14.7 Å². The third-order valence-corrected chi connectivity index (χ3v) is 8.39. The first-order valence-electron chi connectivity index (χ1n) is 13.3. The van der Waals surface area contributed by atoms with Gasteiger partial charge in [-0.25, -0.2) is 4.39 Å². The summed E-state index contributed by atoms with van der Waals surface area (Å²) in [5.74, 6) is 0.709. The molecule has 0 amide bonds. The van der Waals surface area contributed by atoms with Gasteiger partial charge in [0.25, 0.3) is 0 Å². The summed E-state index contributed by atoms with van der Waals surface area (Å²) < 4.78 is 13.1. The second-order valence-corrected chi connectivity index (χ2v) is 10.4. The molecule has 0 aliphatic carbocycles. The van der Waals surface area contributed by atoms with Crippen LogP contribution in [0.15, 0.2) is 42.5 Å². The summed E-state index contributed by atoms with van der Waals surface area (Å²) in [7, 11) is 0. The zero-order chi connectivity index (χ0) is 22.6. The largest absolute Gasteiger partial charge is 0.368 e. The molecule has 0 atom stereocenters. The van der Waals surface area contributed by atoms with E-state index in [4.69, 9.17) is 0 Å². The highest BCUT2D eigenvalue weighted by molar-refractivity contribution is 5.60. The lowest BCUT2D eigenvalue weighted by Crippen LogP contribution is -2.45. The summed E-state index contributed by atoms with van der Waals surface area (Å²) >= 11 is 0. The number of piperidine rings is 2. The van der Waals surface area contributed by atoms with Gasteiger partial charge in [0.2, 0.25) is 0 Å². The quantitative estimate of drug-likeness (QED) is 0.577. The molecule has 0 N–H and O–H groups in total. The van der Waals surface area contributed by atoms with Crippen LogP contribution < -0.4 is 4.90 Å². The van der Waals surface area contributed by atoms with Crippen LogP contribution in [0, 0.1) is 11.7 Å². The number of anilines is 1. The standard InChI is InChI=1S/C29H40FN3/c1-2-31-15-10-24(11-16-31)21-25-3-6-26-12-20-33(29(26)22-25)28-13-18-32(19-14-28)17-9-23-4-7-27(30)8-5-23/h3-8,22,24,28H,2,9-21H2,1H3. The molecule has 0 spiro atoms. The van der Waals surface area contributed by atoms with E-state index < -0.39 is 0 Å². The first kappa shape index (κ1) is 22.9. The molecule has 0 saturated carbocycles. The van der Waals surface area contributed by atoms with E-state index in [0.717, 1.165) is 18.9 Å². The predicted octanol–water partition coefficient (Wildman–Crippen LogP) is 5.17. The molecule has 4 heteroatoms. The highest BCUT2D eigenvalue weighted by atomic mass is 19.1. The maximum absolute atomic E-state index is 13.1. The topological polar surface area (TPSA) is 9.72 Å². The lowest BCUT2D eigenvalue weighted by molar-refractivity contribution is 0.192. The molecule has 2 saturated heterocycles. The Balaban J connectivity index is 1.13. The number of hydrogen-bond acceptors (Lipinski definition) is 3. The van der Waals surface area contributed by atoms with Crippen LogP contribution in [-0.4, -0.2) is 61.7 Å². The molecule has 178 valence electrons. The van der Waals surface area contributed by atoms with E-state index in [9.17, 15) is 4.39 Å². The van der Waals surface area contributed by atoms with Crippen LogP contribution in [0.1, 0.15) is 49.3 Å². The zero-order valence-corrected chi connectivity index (χ0v) is 20.3. The number of benzene rings is 2. The fourth-order valence-corrected chi connectivity index (χ4v) is 6.19. The second kappa shape index (κ2) is 10.6. The Morgan fingerprint density at radius 1 is 0.818 bits per heavy atom. The summed E-state index contributed by atoms with van der Waals surface area (Å²) in [6, 6.07) is 15.0. The van der Waals surface area contributed by atoms with Crippen LogP contribution in [-0.2, 0) is 19.3 Å². The Bertz CT molecular complexity index is 896. The highest BCUT2D eigenvalue weighted by Crippen LogP contribution is 2.34. The van der Waals surface area contributed by atoms with Gasteiger partial charge in [-0.2, -0.15) is 0 Å². The van der Waals surface area contributed by atoms with Gasteiger partial charge in [0.15, 0.2) is 0 Å². The monoisotopic (exact) mass is 449 g/mol. The van der Waals surface area contributed by atoms with Crippen molar-refractivity contribution < 1.29 is 4.39 Å². The van der Waals surface area contributed by atoms with E-state index in [1.807, 2.05) is 12.1 Å². The van der Waals surface area contributed by atoms with Crippen molar-refractivity contribution in [3.63, 3.8) is 0 Å². The number of hydrogen-bond donors (Lipinski definition) is 0. The number of halogens is 1. The van der Waals surface area contributed by atoms with Crippen molar-refractivity contribution >= 4 is 5.69 Å². The van der Waals surface area contributed by atoms with Crippen molar-refractivity contribution in [2.75, 3.05) is 50.7 Å². The minimum absolute atomic E-state index is 0.143. The third-order valence-electron chi connectivity index (χ3n) is 8.39. The van der Waals surface area contributed by atoms with Gasteiger partial charge in [-0.3, -0.25) is 0 Å². The predicted molar refractivity (Wildman–Crippen MR) is 136 cm³/mol. The van der Waals surface area contributed by atoms with Gasteiger partial charge >= 0.3 is 0 Å². The highest BCUT2D eigenvalue weighted by Gasteiger charge is 2.29. The normalized spacial score (nSPS) is 21.0. The van der Waals surface area contributed by atoms with Crippen LogP contribution in [0.4, 0.5) is 10.1 Å². The summed E-state index contributed by atoms with van der Waals surface area (Å²) in [6.07, 6.45) is 8.68. The molecular formula is C29H40FN3. The van der Waals surface area contributed by atoms with Gasteiger partial charge in [-0.05, 0) is 105 Å². The lowest BCUT2D eigenvalue weighted by atomic mass is 9.89. The molecular weight excluding hydrogens is 409 g/mol. The van der Waals surface area contributed by atoms with Crippen LogP contribution in [0.25, 0.3) is 0 Å². The Kier molecular flexibility index (Phi) is 7.32. The van der Waals surface area contributed by atoms with Crippen LogP contribution >= 0.6 is 0 Å². The molecule has 2 aromatic carbocycles. The van der Waals surface area contributed by atoms with Crippen LogP contribution in [0.3, 0.4) is 0 Å². The summed E-state index contributed by atoms with van der Waals surface area (Å²) in [4.78, 5) is 7.92. The Labute approximate surface area is 199 Å². The minimum atomic E-state index is -0.143. The van der Waals surface area contributed by atoms with E-state index in [2.05, 4.69) is 39.8 Å². The third kappa shape index (κ3) is 5.60. The number of fused-ring (bicyclic) bond motifs is 1. The molecule has 5 rings (SSSR count). The molecule has 0 unspecified atom stereocenters. The van der Waals surface area contributed by atoms with Crippen molar-refractivity contribution in [1.82, 2.24) is 9.80 Å². The smallest absolute Gasteiger partial charge is 0.123 e. The van der Waals surface area contributed by atoms with Crippen LogP contribution in [0.2, 0.25) is 0 Å². The van der Waals surface area contributed by atoms with Gasteiger partial charge in [0, 0.05) is 37.9 Å². The fraction of sp³-hybridized carbons (Fsp3) is 0.586. The van der Waals surface area contributed by atoms with E-state index >= 15 is 0 Å². The molecule has 2 fully saturated rings. The van der Waals surface area contributed by atoms with Crippen molar-refractivity contribution in [2.24, 2.45) is 5.92 Å². The number of rotatable bonds is 7. The molecule has 3 aliphatic heterocycles. The Hall–Kier alpha value is -1.91. The number of likely N-dealkylation sites (tertiary alicyclic amines) is 2. The van der Waals surface area contributed by atoms with E-state index in [1.165, 1.54) is 89.0 Å². The Morgan fingerprint density at radius 2 is 1.52 bits per heavy atom. The average Bonchev–Trinajstić information content (AvgIpc) is 3.28. The lowest BCUT2D eigenvalue weighted by Gasteiger charge is -2.38. The first-order valence-corrected chi connectivity index (χ1v) is 13.3. The Morgan fingerprint density at radius 3 is 2.24 bits per heavy atom. The molecule has 3 heterocycles. The maximum atomic E-state index is 13.1. The first-order chi connectivity index (χ1) is 16.2.